The minimum atomic E-state index is -4.28. The van der Waals surface area contributed by atoms with Gasteiger partial charge >= 0.3 is 0 Å². The van der Waals surface area contributed by atoms with Crippen LogP contribution in [0.15, 0.2) is 77.7 Å². The number of halogens is 2. The number of ether oxygens (including phenoxy) is 1. The topological polar surface area (TPSA) is 96.0 Å². The van der Waals surface area contributed by atoms with Crippen molar-refractivity contribution in [3.63, 3.8) is 0 Å². The van der Waals surface area contributed by atoms with Crippen LogP contribution < -0.4 is 14.4 Å². The van der Waals surface area contributed by atoms with Crippen LogP contribution >= 0.6 is 11.6 Å². The van der Waals surface area contributed by atoms with E-state index in [9.17, 15) is 22.4 Å². The summed E-state index contributed by atoms with van der Waals surface area (Å²) in [4.78, 5) is 28.1. The molecular weight excluding hydrogens is 569 g/mol. The van der Waals surface area contributed by atoms with Gasteiger partial charge in [-0.3, -0.25) is 13.9 Å². The minimum absolute atomic E-state index is 0.0160. The second kappa shape index (κ2) is 14.8. The molecule has 0 aromatic heterocycles. The molecule has 3 rings (SSSR count). The van der Waals surface area contributed by atoms with Crippen molar-refractivity contribution in [3.05, 3.63) is 89.2 Å². The first-order valence-corrected chi connectivity index (χ1v) is 15.2. The van der Waals surface area contributed by atoms with Crippen molar-refractivity contribution < 1.29 is 27.1 Å². The minimum Gasteiger partial charge on any atom is -0.494 e. The molecule has 3 aromatic rings. The molecule has 0 saturated heterocycles. The number of sulfonamides is 1. The van der Waals surface area contributed by atoms with E-state index >= 15 is 0 Å². The third-order valence-electron chi connectivity index (χ3n) is 6.36. The normalized spacial score (nSPS) is 11.9. The molecule has 0 spiro atoms. The zero-order chi connectivity index (χ0) is 30.0. The molecule has 0 bridgehead atoms. The zero-order valence-electron chi connectivity index (χ0n) is 23.3. The Balaban J connectivity index is 1.99. The number of anilines is 1. The fraction of sp³-hybridized carbons (Fsp3) is 0.333. The molecule has 8 nitrogen and oxygen atoms in total. The summed E-state index contributed by atoms with van der Waals surface area (Å²) in [6.07, 6.45) is 1.66. The SMILES string of the molecule is CCCCNC(=O)[C@H](C)N(Cc1cccc(Cl)c1)C(=O)CN(c1ccc(F)cc1)S(=O)(=O)c1ccc(OCC)cc1. The molecule has 41 heavy (non-hydrogen) atoms. The molecule has 0 saturated carbocycles. The number of nitrogens with zero attached hydrogens (tertiary/aromatic N) is 2. The van der Waals surface area contributed by atoms with Crippen molar-refractivity contribution in [1.29, 1.82) is 0 Å². The summed E-state index contributed by atoms with van der Waals surface area (Å²) in [5.74, 6) is -1.05. The van der Waals surface area contributed by atoms with E-state index in [0.717, 1.165) is 29.3 Å². The Hall–Kier alpha value is -3.63. The first-order chi connectivity index (χ1) is 19.6. The summed E-state index contributed by atoms with van der Waals surface area (Å²) in [5.41, 5.74) is 0.762. The van der Waals surface area contributed by atoms with Gasteiger partial charge in [0.1, 0.15) is 24.2 Å². The van der Waals surface area contributed by atoms with Crippen molar-refractivity contribution >= 4 is 39.1 Å². The van der Waals surface area contributed by atoms with Gasteiger partial charge in [-0.2, -0.15) is 0 Å². The van der Waals surface area contributed by atoms with Crippen molar-refractivity contribution in [2.45, 2.75) is 51.1 Å². The molecular formula is C30H35ClFN3O5S. The van der Waals surface area contributed by atoms with Gasteiger partial charge in [0.15, 0.2) is 0 Å². The fourth-order valence-corrected chi connectivity index (χ4v) is 5.72. The second-order valence-electron chi connectivity index (χ2n) is 9.36. The van der Waals surface area contributed by atoms with Crippen LogP contribution in [0.25, 0.3) is 0 Å². The number of hydrogen-bond donors (Lipinski definition) is 1. The third-order valence-corrected chi connectivity index (χ3v) is 8.38. The zero-order valence-corrected chi connectivity index (χ0v) is 24.9. The summed E-state index contributed by atoms with van der Waals surface area (Å²) < 4.78 is 47.8. The number of amides is 2. The Kier molecular flexibility index (Phi) is 11.5. The van der Waals surface area contributed by atoms with Crippen LogP contribution in [0.1, 0.15) is 39.2 Å². The number of rotatable bonds is 14. The molecule has 1 N–H and O–H groups in total. The summed E-state index contributed by atoms with van der Waals surface area (Å²) in [6, 6.07) is 16.6. The van der Waals surface area contributed by atoms with Crippen LogP contribution in [0.5, 0.6) is 5.75 Å². The first-order valence-electron chi connectivity index (χ1n) is 13.4. The highest BCUT2D eigenvalue weighted by Gasteiger charge is 2.32. The van der Waals surface area contributed by atoms with Crippen molar-refractivity contribution in [3.8, 4) is 5.75 Å². The van der Waals surface area contributed by atoms with Gasteiger partial charge in [0, 0.05) is 18.1 Å². The maximum absolute atomic E-state index is 13.9. The number of benzene rings is 3. The lowest BCUT2D eigenvalue weighted by Crippen LogP contribution is -2.51. The lowest BCUT2D eigenvalue weighted by Gasteiger charge is -2.32. The van der Waals surface area contributed by atoms with Crippen LogP contribution in [0.2, 0.25) is 5.02 Å². The monoisotopic (exact) mass is 603 g/mol. The average Bonchev–Trinajstić information content (AvgIpc) is 2.95. The highest BCUT2D eigenvalue weighted by atomic mass is 35.5. The molecule has 0 aliphatic carbocycles. The van der Waals surface area contributed by atoms with Crippen molar-refractivity contribution in [2.24, 2.45) is 0 Å². The van der Waals surface area contributed by atoms with Crippen molar-refractivity contribution in [2.75, 3.05) is 24.0 Å². The van der Waals surface area contributed by atoms with Gasteiger partial charge in [0.25, 0.3) is 10.0 Å². The van der Waals surface area contributed by atoms with Gasteiger partial charge in [0.2, 0.25) is 11.8 Å². The van der Waals surface area contributed by atoms with Crippen LogP contribution in [-0.2, 0) is 26.2 Å². The predicted octanol–water partition coefficient (Wildman–Crippen LogP) is 5.41. The van der Waals surface area contributed by atoms with Crippen LogP contribution in [0, 0.1) is 5.82 Å². The highest BCUT2D eigenvalue weighted by molar-refractivity contribution is 7.92. The van der Waals surface area contributed by atoms with E-state index in [-0.39, 0.29) is 23.0 Å². The molecule has 11 heteroatoms. The Bertz CT molecular complexity index is 1420. The highest BCUT2D eigenvalue weighted by Crippen LogP contribution is 2.26. The smallest absolute Gasteiger partial charge is 0.264 e. The lowest BCUT2D eigenvalue weighted by atomic mass is 10.1. The van der Waals surface area contributed by atoms with Gasteiger partial charge in [-0.1, -0.05) is 37.1 Å². The number of carbonyl (C=O) groups excluding carboxylic acids is 2. The lowest BCUT2D eigenvalue weighted by molar-refractivity contribution is -0.139. The Morgan fingerprint density at radius 1 is 1.02 bits per heavy atom. The molecule has 0 aliphatic rings. The van der Waals surface area contributed by atoms with Crippen LogP contribution in [0.3, 0.4) is 0 Å². The predicted molar refractivity (Wildman–Crippen MR) is 158 cm³/mol. The third kappa shape index (κ3) is 8.68. The largest absolute Gasteiger partial charge is 0.494 e. The standard InChI is InChI=1S/C30H35ClFN3O5S/c1-4-6-18-33-30(37)22(3)34(20-23-8-7-9-24(31)19-23)29(36)21-35(26-12-10-25(32)11-13-26)41(38,39)28-16-14-27(15-17-28)40-5-2/h7-17,19,22H,4-6,18,20-21H2,1-3H3,(H,33,37)/t22-/m0/s1. The van der Waals surface area contributed by atoms with Gasteiger partial charge in [0.05, 0.1) is 17.2 Å². The molecule has 0 unspecified atom stereocenters. The van der Waals surface area contributed by atoms with E-state index < -0.39 is 34.3 Å². The first kappa shape index (κ1) is 31.9. The van der Waals surface area contributed by atoms with E-state index in [2.05, 4.69) is 5.32 Å². The number of nitrogens with one attached hydrogen (secondary N) is 1. The van der Waals surface area contributed by atoms with Gasteiger partial charge < -0.3 is 15.0 Å². The molecule has 0 fully saturated rings. The summed E-state index contributed by atoms with van der Waals surface area (Å²) in [5, 5.41) is 3.29. The number of carbonyl (C=O) groups is 2. The second-order valence-corrected chi connectivity index (χ2v) is 11.7. The van der Waals surface area contributed by atoms with E-state index in [1.54, 1.807) is 31.2 Å². The van der Waals surface area contributed by atoms with Crippen LogP contribution in [-0.4, -0.2) is 50.9 Å². The maximum atomic E-state index is 13.9. The Labute approximate surface area is 246 Å². The fourth-order valence-electron chi connectivity index (χ4n) is 4.09. The van der Waals surface area contributed by atoms with Gasteiger partial charge in [-0.25, -0.2) is 12.8 Å². The summed E-state index contributed by atoms with van der Waals surface area (Å²) in [7, 11) is -4.28. The Morgan fingerprint density at radius 3 is 2.32 bits per heavy atom. The quantitative estimate of drug-likeness (QED) is 0.249. The molecule has 2 amide bonds. The van der Waals surface area contributed by atoms with Gasteiger partial charge in [-0.15, -0.1) is 0 Å². The van der Waals surface area contributed by atoms with Gasteiger partial charge in [-0.05, 0) is 86.5 Å². The molecule has 0 aliphatic heterocycles. The van der Waals surface area contributed by atoms with E-state index in [1.807, 2.05) is 13.8 Å². The van der Waals surface area contributed by atoms with Crippen molar-refractivity contribution in [1.82, 2.24) is 10.2 Å². The molecule has 0 radical (unpaired) electrons. The molecule has 3 aromatic carbocycles. The van der Waals surface area contributed by atoms with E-state index in [0.29, 0.717) is 29.5 Å². The van der Waals surface area contributed by atoms with E-state index in [1.165, 1.54) is 41.3 Å². The maximum Gasteiger partial charge on any atom is 0.264 e. The summed E-state index contributed by atoms with van der Waals surface area (Å²) in [6.45, 7) is 5.65. The molecule has 0 heterocycles. The summed E-state index contributed by atoms with van der Waals surface area (Å²) >= 11 is 6.16. The van der Waals surface area contributed by atoms with Crippen LogP contribution in [0.4, 0.5) is 10.1 Å². The van der Waals surface area contributed by atoms with E-state index in [4.69, 9.17) is 16.3 Å². The number of hydrogen-bond acceptors (Lipinski definition) is 5. The molecule has 220 valence electrons. The average molecular weight is 604 g/mol. The molecule has 1 atom stereocenters. The number of unbranched alkanes of at least 4 members (excludes halogenated alkanes) is 1. The Morgan fingerprint density at radius 2 is 1.71 bits per heavy atom.